The molecule has 0 saturated heterocycles. The average molecular weight is 600 g/mol. The minimum absolute atomic E-state index is 0.163. The molecule has 2 aliphatic rings. The normalized spacial score (nSPS) is 13.2. The lowest BCUT2D eigenvalue weighted by molar-refractivity contribution is 0.660. The highest BCUT2D eigenvalue weighted by atomic mass is 14.4. The monoisotopic (exact) mass is 599 g/mol. The zero-order valence-corrected chi connectivity index (χ0v) is 26.9. The molecular weight excluding hydrogens is 567 g/mol. The molecule has 9 rings (SSSR count). The smallest absolute Gasteiger partial charge is 0.0998 e. The highest BCUT2D eigenvalue weighted by molar-refractivity contribution is 6.21. The molecule has 0 bridgehead atoms. The van der Waals surface area contributed by atoms with Gasteiger partial charge in [0.05, 0.1) is 11.6 Å². The lowest BCUT2D eigenvalue weighted by Crippen LogP contribution is -2.14. The molecule has 0 heterocycles. The molecule has 47 heavy (non-hydrogen) atoms. The molecule has 0 fully saturated rings. The van der Waals surface area contributed by atoms with E-state index in [-0.39, 0.29) is 5.41 Å². The summed E-state index contributed by atoms with van der Waals surface area (Å²) in [6.07, 6.45) is 0.931. The minimum Gasteiger partial charge on any atom is -0.192 e. The summed E-state index contributed by atoms with van der Waals surface area (Å²) in [5.41, 5.74) is 19.5. The van der Waals surface area contributed by atoms with Crippen LogP contribution in [0.3, 0.4) is 0 Å². The molecule has 222 valence electrons. The fraction of sp³-hybridized carbons (Fsp3) is 0.109. The van der Waals surface area contributed by atoms with E-state index >= 15 is 0 Å². The van der Waals surface area contributed by atoms with Crippen LogP contribution in [0.4, 0.5) is 0 Å². The lowest BCUT2D eigenvalue weighted by Gasteiger charge is -2.22. The number of fused-ring (bicyclic) bond motifs is 6. The second-order valence-corrected chi connectivity index (χ2v) is 13.4. The van der Waals surface area contributed by atoms with Crippen LogP contribution < -0.4 is 0 Å². The standard InChI is InChI=1S/C46H33N/c1-4-28-25-37(44-35-20-10-15-30-16-11-21-36(42(30)35)45(44)41(28)29-13-6-5-7-14-29)34-19-9-8-18-33(34)31-23-24-39-38(26-31)43-32(27-47)17-12-22-40(43)46(39,2)3/h5-26H,4H2,1-3H3. The van der Waals surface area contributed by atoms with Crippen molar-refractivity contribution in [2.24, 2.45) is 0 Å². The van der Waals surface area contributed by atoms with E-state index in [9.17, 15) is 5.26 Å². The van der Waals surface area contributed by atoms with Gasteiger partial charge in [-0.2, -0.15) is 5.26 Å². The van der Waals surface area contributed by atoms with Gasteiger partial charge >= 0.3 is 0 Å². The zero-order chi connectivity index (χ0) is 31.9. The number of nitrogens with zero attached hydrogens (tertiary/aromatic N) is 1. The number of aryl methyl sites for hydroxylation is 1. The Morgan fingerprint density at radius 1 is 0.511 bits per heavy atom. The van der Waals surface area contributed by atoms with E-state index in [4.69, 9.17) is 0 Å². The molecule has 0 saturated carbocycles. The summed E-state index contributed by atoms with van der Waals surface area (Å²) >= 11 is 0. The van der Waals surface area contributed by atoms with Crippen molar-refractivity contribution in [1.82, 2.24) is 0 Å². The van der Waals surface area contributed by atoms with Gasteiger partial charge in [-0.05, 0) is 113 Å². The summed E-state index contributed by atoms with van der Waals surface area (Å²) in [6.45, 7) is 6.82. The Labute approximate surface area is 276 Å². The van der Waals surface area contributed by atoms with Gasteiger partial charge in [0.2, 0.25) is 0 Å². The third kappa shape index (κ3) is 3.82. The van der Waals surface area contributed by atoms with Crippen molar-refractivity contribution in [3.63, 3.8) is 0 Å². The molecule has 0 spiro atoms. The molecule has 0 atom stereocenters. The van der Waals surface area contributed by atoms with E-state index in [1.54, 1.807) is 0 Å². The predicted octanol–water partition coefficient (Wildman–Crippen LogP) is 12.2. The summed E-state index contributed by atoms with van der Waals surface area (Å²) in [6, 6.07) is 51.3. The van der Waals surface area contributed by atoms with Crippen LogP contribution in [0, 0.1) is 11.3 Å². The van der Waals surface area contributed by atoms with Crippen molar-refractivity contribution in [1.29, 1.82) is 5.26 Å². The minimum atomic E-state index is -0.163. The molecule has 1 nitrogen and oxygen atoms in total. The Balaban J connectivity index is 1.34. The Bertz CT molecular complexity index is 2470. The van der Waals surface area contributed by atoms with Gasteiger partial charge in [0.15, 0.2) is 0 Å². The average Bonchev–Trinajstić information content (AvgIpc) is 3.58. The Morgan fingerprint density at radius 2 is 1.19 bits per heavy atom. The van der Waals surface area contributed by atoms with Crippen molar-refractivity contribution < 1.29 is 0 Å². The van der Waals surface area contributed by atoms with Gasteiger partial charge in [0, 0.05) is 11.0 Å². The molecule has 7 aromatic rings. The summed E-state index contributed by atoms with van der Waals surface area (Å²) in [5, 5.41) is 12.7. The third-order valence-electron chi connectivity index (χ3n) is 10.6. The van der Waals surface area contributed by atoms with Crippen molar-refractivity contribution in [3.05, 3.63) is 156 Å². The number of nitriles is 1. The topological polar surface area (TPSA) is 23.8 Å². The van der Waals surface area contributed by atoms with E-state index in [0.717, 1.165) is 17.5 Å². The molecular formula is C46H33N. The summed E-state index contributed by atoms with van der Waals surface area (Å²) < 4.78 is 0. The van der Waals surface area contributed by atoms with Gasteiger partial charge in [-0.1, -0.05) is 136 Å². The Kier molecular flexibility index (Phi) is 5.96. The second kappa shape index (κ2) is 10.1. The molecule has 1 heteroatoms. The molecule has 0 radical (unpaired) electrons. The van der Waals surface area contributed by atoms with Gasteiger partial charge in [0.25, 0.3) is 0 Å². The van der Waals surface area contributed by atoms with Crippen LogP contribution in [-0.4, -0.2) is 0 Å². The van der Waals surface area contributed by atoms with Crippen molar-refractivity contribution in [2.45, 2.75) is 32.6 Å². The first kappa shape index (κ1) is 27.6. The van der Waals surface area contributed by atoms with Crippen molar-refractivity contribution in [2.75, 3.05) is 0 Å². The number of hydrogen-bond donors (Lipinski definition) is 0. The van der Waals surface area contributed by atoms with Crippen molar-refractivity contribution >= 4 is 10.8 Å². The van der Waals surface area contributed by atoms with Crippen LogP contribution in [0.2, 0.25) is 0 Å². The van der Waals surface area contributed by atoms with Crippen molar-refractivity contribution in [3.8, 4) is 72.8 Å². The van der Waals surface area contributed by atoms with E-state index in [0.29, 0.717) is 0 Å². The molecule has 0 aliphatic heterocycles. The molecule has 2 aliphatic carbocycles. The van der Waals surface area contributed by atoms with Gasteiger partial charge in [-0.25, -0.2) is 0 Å². The Hall–Kier alpha value is -5.71. The van der Waals surface area contributed by atoms with E-state index in [2.05, 4.69) is 148 Å². The van der Waals surface area contributed by atoms with Crippen LogP contribution in [0.15, 0.2) is 133 Å². The molecule has 0 unspecified atom stereocenters. The van der Waals surface area contributed by atoms with Gasteiger partial charge in [-0.3, -0.25) is 0 Å². The third-order valence-corrected chi connectivity index (χ3v) is 10.6. The van der Waals surface area contributed by atoms with Gasteiger partial charge in [0.1, 0.15) is 0 Å². The quantitative estimate of drug-likeness (QED) is 0.197. The summed E-state index contributed by atoms with van der Waals surface area (Å²) in [5.74, 6) is 0. The van der Waals surface area contributed by atoms with Crippen LogP contribution in [0.1, 0.15) is 43.0 Å². The number of hydrogen-bond acceptors (Lipinski definition) is 1. The summed E-state index contributed by atoms with van der Waals surface area (Å²) in [7, 11) is 0. The van der Waals surface area contributed by atoms with Crippen LogP contribution in [-0.2, 0) is 11.8 Å². The second-order valence-electron chi connectivity index (χ2n) is 13.4. The predicted molar refractivity (Wildman–Crippen MR) is 196 cm³/mol. The van der Waals surface area contributed by atoms with Gasteiger partial charge < -0.3 is 0 Å². The molecule has 0 amide bonds. The highest BCUT2D eigenvalue weighted by Crippen LogP contribution is 2.57. The maximum Gasteiger partial charge on any atom is 0.0998 e. The molecule has 7 aromatic carbocycles. The van der Waals surface area contributed by atoms with Gasteiger partial charge in [-0.15, -0.1) is 0 Å². The SMILES string of the molecule is CCc1cc(-c2ccccc2-c2ccc3c(c2)-c2c(C#N)cccc2C3(C)C)c2c(c1-c1ccccc1)-c1cccc3cccc-2c13. The number of rotatable bonds is 4. The maximum absolute atomic E-state index is 10.1. The van der Waals surface area contributed by atoms with Crippen LogP contribution in [0.5, 0.6) is 0 Å². The fourth-order valence-corrected chi connectivity index (χ4v) is 8.51. The van der Waals surface area contributed by atoms with Crippen LogP contribution >= 0.6 is 0 Å². The van der Waals surface area contributed by atoms with Crippen LogP contribution in [0.25, 0.3) is 77.5 Å². The van der Waals surface area contributed by atoms with E-state index < -0.39 is 0 Å². The first-order valence-electron chi connectivity index (χ1n) is 16.6. The van der Waals surface area contributed by atoms with E-state index in [1.807, 2.05) is 12.1 Å². The maximum atomic E-state index is 10.1. The Morgan fingerprint density at radius 3 is 1.94 bits per heavy atom. The number of benzene rings is 7. The largest absolute Gasteiger partial charge is 0.192 e. The first-order chi connectivity index (χ1) is 23.0. The lowest BCUT2D eigenvalue weighted by atomic mass is 9.81. The summed E-state index contributed by atoms with van der Waals surface area (Å²) in [4.78, 5) is 0. The first-order valence-corrected chi connectivity index (χ1v) is 16.6. The molecule has 0 N–H and O–H groups in total. The highest BCUT2D eigenvalue weighted by Gasteiger charge is 2.37. The fourth-order valence-electron chi connectivity index (χ4n) is 8.51. The zero-order valence-electron chi connectivity index (χ0n) is 26.9. The van der Waals surface area contributed by atoms with E-state index in [1.165, 1.54) is 88.7 Å². The molecule has 0 aromatic heterocycles.